The molecule has 0 atom stereocenters. The number of benzene rings is 1. The molecule has 0 spiro atoms. The molecule has 17 heavy (non-hydrogen) atoms. The van der Waals surface area contributed by atoms with Gasteiger partial charge in [-0.05, 0) is 31.4 Å². The predicted molar refractivity (Wildman–Crippen MR) is 70.8 cm³/mol. The minimum Gasteiger partial charge on any atom is -0.308 e. The zero-order valence-corrected chi connectivity index (χ0v) is 10.8. The van der Waals surface area contributed by atoms with E-state index in [0.717, 1.165) is 30.6 Å². The Kier molecular flexibility index (Phi) is 3.32. The van der Waals surface area contributed by atoms with Crippen LogP contribution in [0.1, 0.15) is 48.7 Å². The van der Waals surface area contributed by atoms with Crippen LogP contribution in [0.25, 0.3) is 5.70 Å². The molecule has 0 saturated heterocycles. The van der Waals surface area contributed by atoms with Gasteiger partial charge in [-0.2, -0.15) is 0 Å². The minimum atomic E-state index is 0.169. The molecule has 0 fully saturated rings. The first-order chi connectivity index (χ1) is 8.33. The topological polar surface area (TPSA) is 20.3 Å². The molecule has 0 saturated carbocycles. The summed E-state index contributed by atoms with van der Waals surface area (Å²) in [5.74, 6) is 0.169. The molecule has 0 bridgehead atoms. The highest BCUT2D eigenvalue weighted by Crippen LogP contribution is 2.38. The van der Waals surface area contributed by atoms with E-state index in [-0.39, 0.29) is 5.91 Å². The summed E-state index contributed by atoms with van der Waals surface area (Å²) in [4.78, 5) is 13.9. The average molecular weight is 229 g/mol. The van der Waals surface area contributed by atoms with Crippen LogP contribution in [0.3, 0.4) is 0 Å². The summed E-state index contributed by atoms with van der Waals surface area (Å²) in [5.41, 5.74) is 4.55. The Morgan fingerprint density at radius 1 is 1.29 bits per heavy atom. The number of nitrogens with zero attached hydrogens (tertiary/aromatic N) is 1. The fourth-order valence-corrected chi connectivity index (χ4v) is 2.57. The van der Waals surface area contributed by atoms with Crippen molar-refractivity contribution in [3.63, 3.8) is 0 Å². The Bertz CT molecular complexity index is 474. The van der Waals surface area contributed by atoms with Gasteiger partial charge in [0.2, 0.25) is 0 Å². The van der Waals surface area contributed by atoms with Gasteiger partial charge >= 0.3 is 0 Å². The van der Waals surface area contributed by atoms with Crippen LogP contribution in [0.4, 0.5) is 0 Å². The van der Waals surface area contributed by atoms with E-state index >= 15 is 0 Å². The molecule has 1 heterocycles. The molecule has 0 aromatic heterocycles. The summed E-state index contributed by atoms with van der Waals surface area (Å²) in [6.07, 6.45) is 4.31. The molecule has 2 aliphatic rings. The van der Waals surface area contributed by atoms with E-state index in [9.17, 15) is 4.79 Å². The van der Waals surface area contributed by atoms with Gasteiger partial charge in [0.15, 0.2) is 0 Å². The van der Waals surface area contributed by atoms with Crippen molar-refractivity contribution in [2.75, 3.05) is 6.54 Å². The van der Waals surface area contributed by atoms with Crippen LogP contribution < -0.4 is 0 Å². The molecular formula is C15H19NO. The smallest absolute Gasteiger partial charge is 0.258 e. The maximum Gasteiger partial charge on any atom is 0.258 e. The monoisotopic (exact) mass is 229 g/mol. The number of carbonyl (C=O) groups is 1. The maximum atomic E-state index is 12.1. The van der Waals surface area contributed by atoms with Crippen molar-refractivity contribution in [1.29, 1.82) is 0 Å². The largest absolute Gasteiger partial charge is 0.308 e. The highest BCUT2D eigenvalue weighted by Gasteiger charge is 2.33. The maximum absolute atomic E-state index is 12.1. The normalized spacial score (nSPS) is 16.1. The molecule has 0 radical (unpaired) electrons. The van der Waals surface area contributed by atoms with E-state index in [0.29, 0.717) is 0 Å². The first kappa shape index (κ1) is 11.9. The Labute approximate surface area is 103 Å². The van der Waals surface area contributed by atoms with Crippen LogP contribution in [0.5, 0.6) is 0 Å². The molecule has 2 heteroatoms. The first-order valence-electron chi connectivity index (χ1n) is 6.47. The number of hydrogen-bond acceptors (Lipinski definition) is 1. The summed E-state index contributed by atoms with van der Waals surface area (Å²) in [5, 5.41) is 0. The van der Waals surface area contributed by atoms with Gasteiger partial charge in [0.25, 0.3) is 5.91 Å². The second-order valence-corrected chi connectivity index (χ2v) is 4.02. The van der Waals surface area contributed by atoms with Gasteiger partial charge in [-0.15, -0.1) is 0 Å². The van der Waals surface area contributed by atoms with Gasteiger partial charge in [-0.1, -0.05) is 32.1 Å². The van der Waals surface area contributed by atoms with E-state index in [2.05, 4.69) is 12.1 Å². The zero-order chi connectivity index (χ0) is 12.4. The van der Waals surface area contributed by atoms with Crippen LogP contribution in [-0.4, -0.2) is 17.4 Å². The van der Waals surface area contributed by atoms with Gasteiger partial charge < -0.3 is 4.90 Å². The Morgan fingerprint density at radius 2 is 2.06 bits per heavy atom. The molecular weight excluding hydrogens is 210 g/mol. The Balaban J connectivity index is 0.000000514. The van der Waals surface area contributed by atoms with Crippen LogP contribution >= 0.6 is 0 Å². The van der Waals surface area contributed by atoms with E-state index in [4.69, 9.17) is 0 Å². The molecule has 0 N–H and O–H groups in total. The number of carbonyl (C=O) groups excluding carboxylic acids is 1. The van der Waals surface area contributed by atoms with Crippen molar-refractivity contribution in [2.45, 2.75) is 33.6 Å². The fraction of sp³-hybridized carbons (Fsp3) is 0.400. The summed E-state index contributed by atoms with van der Waals surface area (Å²) in [6, 6.07) is 6.07. The van der Waals surface area contributed by atoms with E-state index in [1.807, 2.05) is 37.8 Å². The molecule has 1 amide bonds. The van der Waals surface area contributed by atoms with Crippen molar-refractivity contribution in [3.05, 3.63) is 41.0 Å². The third kappa shape index (κ3) is 1.68. The van der Waals surface area contributed by atoms with E-state index in [1.54, 1.807) is 0 Å². The number of rotatable bonds is 1. The molecule has 1 aromatic carbocycles. The lowest BCUT2D eigenvalue weighted by Gasteiger charge is -2.19. The van der Waals surface area contributed by atoms with Gasteiger partial charge in [0, 0.05) is 23.4 Å². The molecule has 2 nitrogen and oxygen atoms in total. The minimum absolute atomic E-state index is 0.169. The van der Waals surface area contributed by atoms with Crippen molar-refractivity contribution >= 4 is 11.6 Å². The lowest BCUT2D eigenvalue weighted by Crippen LogP contribution is -2.22. The van der Waals surface area contributed by atoms with Gasteiger partial charge in [-0.25, -0.2) is 0 Å². The van der Waals surface area contributed by atoms with E-state index < -0.39 is 0 Å². The van der Waals surface area contributed by atoms with Crippen molar-refractivity contribution in [1.82, 2.24) is 4.90 Å². The standard InChI is InChI=1S/C13H13NO.C2H6/c1-2-14-11-8-4-6-9-5-3-7-10(12(9)11)13(14)15;1-2/h3,5,7-8H,2,4,6H2,1H3;1-2H3. The molecule has 1 aliphatic heterocycles. The Morgan fingerprint density at radius 3 is 2.76 bits per heavy atom. The van der Waals surface area contributed by atoms with Gasteiger partial charge in [-0.3, -0.25) is 4.79 Å². The number of aryl methyl sites for hydroxylation is 1. The summed E-state index contributed by atoms with van der Waals surface area (Å²) >= 11 is 0. The molecule has 1 aliphatic carbocycles. The summed E-state index contributed by atoms with van der Waals surface area (Å²) in [6.45, 7) is 6.79. The fourth-order valence-electron chi connectivity index (χ4n) is 2.57. The zero-order valence-electron chi connectivity index (χ0n) is 10.8. The third-order valence-electron chi connectivity index (χ3n) is 3.24. The number of allylic oxidation sites excluding steroid dienone is 1. The first-order valence-corrected chi connectivity index (χ1v) is 6.47. The SMILES string of the molecule is CC.CCN1C(=O)c2cccc3c2C1=CCC3. The molecule has 1 aromatic rings. The highest BCUT2D eigenvalue weighted by molar-refractivity contribution is 6.10. The highest BCUT2D eigenvalue weighted by atomic mass is 16.2. The van der Waals surface area contributed by atoms with Crippen LogP contribution in [0.2, 0.25) is 0 Å². The predicted octanol–water partition coefficient (Wildman–Crippen LogP) is 3.48. The van der Waals surface area contributed by atoms with Crippen molar-refractivity contribution in [2.24, 2.45) is 0 Å². The molecule has 90 valence electrons. The lowest BCUT2D eigenvalue weighted by molar-refractivity contribution is 0.0855. The van der Waals surface area contributed by atoms with Gasteiger partial charge in [0.1, 0.15) is 0 Å². The van der Waals surface area contributed by atoms with Crippen LogP contribution in [0.15, 0.2) is 24.3 Å². The summed E-state index contributed by atoms with van der Waals surface area (Å²) in [7, 11) is 0. The molecule has 0 unspecified atom stereocenters. The lowest BCUT2D eigenvalue weighted by atomic mass is 9.93. The molecule has 3 rings (SSSR count). The van der Waals surface area contributed by atoms with Crippen molar-refractivity contribution < 1.29 is 4.79 Å². The van der Waals surface area contributed by atoms with Crippen molar-refractivity contribution in [3.8, 4) is 0 Å². The number of amides is 1. The second kappa shape index (κ2) is 4.74. The van der Waals surface area contributed by atoms with Crippen LogP contribution in [-0.2, 0) is 6.42 Å². The van der Waals surface area contributed by atoms with E-state index in [1.165, 1.54) is 11.1 Å². The summed E-state index contributed by atoms with van der Waals surface area (Å²) < 4.78 is 0. The van der Waals surface area contributed by atoms with Crippen LogP contribution in [0, 0.1) is 0 Å². The number of hydrogen-bond donors (Lipinski definition) is 0. The third-order valence-corrected chi connectivity index (χ3v) is 3.24. The second-order valence-electron chi connectivity index (χ2n) is 4.02. The quantitative estimate of drug-likeness (QED) is 0.722. The average Bonchev–Trinajstić information content (AvgIpc) is 2.68. The van der Waals surface area contributed by atoms with Gasteiger partial charge in [0.05, 0.1) is 0 Å². The Hall–Kier alpha value is -1.57.